The number of aromatic nitrogens is 2. The van der Waals surface area contributed by atoms with Crippen molar-refractivity contribution in [1.29, 1.82) is 0 Å². The molecule has 0 radical (unpaired) electrons. The Balaban J connectivity index is 2.34. The van der Waals surface area contributed by atoms with E-state index in [9.17, 15) is 13.2 Å². The van der Waals surface area contributed by atoms with E-state index in [0.717, 1.165) is 6.07 Å². The van der Waals surface area contributed by atoms with Gasteiger partial charge < -0.3 is 15.0 Å². The van der Waals surface area contributed by atoms with E-state index in [1.807, 2.05) is 0 Å². The molecule has 0 atom stereocenters. The van der Waals surface area contributed by atoms with Gasteiger partial charge in [-0.05, 0) is 22.0 Å². The SMILES string of the molecule is Nc1c(Br)c(C(F)(F)F)cc2nc3n(c12)CCOC3. The molecule has 2 N–H and O–H groups in total. The van der Waals surface area contributed by atoms with Crippen LogP contribution in [-0.4, -0.2) is 16.2 Å². The number of benzene rings is 1. The molecule has 0 bridgehead atoms. The van der Waals surface area contributed by atoms with Crippen molar-refractivity contribution in [1.82, 2.24) is 9.55 Å². The van der Waals surface area contributed by atoms with E-state index in [4.69, 9.17) is 10.5 Å². The molecule has 2 aromatic rings. The molecule has 1 aliphatic heterocycles. The Hall–Kier alpha value is -1.28. The first-order chi connectivity index (χ1) is 8.89. The van der Waals surface area contributed by atoms with Gasteiger partial charge in [0.2, 0.25) is 0 Å². The summed E-state index contributed by atoms with van der Waals surface area (Å²) in [7, 11) is 0. The Bertz CT molecular complexity index is 665. The van der Waals surface area contributed by atoms with Gasteiger partial charge in [-0.25, -0.2) is 4.98 Å². The van der Waals surface area contributed by atoms with Crippen LogP contribution < -0.4 is 5.73 Å². The van der Waals surface area contributed by atoms with E-state index in [2.05, 4.69) is 20.9 Å². The standard InChI is InChI=1S/C11H9BrF3N3O/c12-8-5(11(13,14)15)3-6-10(9(8)16)18-1-2-19-4-7(18)17-6/h3H,1-2,4,16H2. The minimum absolute atomic E-state index is 0.0606. The molecule has 0 spiro atoms. The van der Waals surface area contributed by atoms with E-state index in [0.29, 0.717) is 24.5 Å². The van der Waals surface area contributed by atoms with Gasteiger partial charge in [-0.1, -0.05) is 0 Å². The van der Waals surface area contributed by atoms with Gasteiger partial charge in [0, 0.05) is 6.54 Å². The Morgan fingerprint density at radius 2 is 2.16 bits per heavy atom. The first-order valence-electron chi connectivity index (χ1n) is 5.51. The summed E-state index contributed by atoms with van der Waals surface area (Å²) in [5.74, 6) is 0.596. The molecule has 1 aromatic carbocycles. The lowest BCUT2D eigenvalue weighted by atomic mass is 10.1. The summed E-state index contributed by atoms with van der Waals surface area (Å²) in [5, 5.41) is 0. The van der Waals surface area contributed by atoms with Gasteiger partial charge in [-0.15, -0.1) is 0 Å². The van der Waals surface area contributed by atoms with Crippen LogP contribution in [0, 0.1) is 0 Å². The lowest BCUT2D eigenvalue weighted by Crippen LogP contribution is -2.17. The number of hydrogen-bond acceptors (Lipinski definition) is 3. The molecular weight excluding hydrogens is 327 g/mol. The fourth-order valence-electron chi connectivity index (χ4n) is 2.23. The third-order valence-electron chi connectivity index (χ3n) is 3.08. The van der Waals surface area contributed by atoms with Crippen LogP contribution >= 0.6 is 15.9 Å². The number of nitrogens with two attached hydrogens (primary N) is 1. The summed E-state index contributed by atoms with van der Waals surface area (Å²) < 4.78 is 45.6. The second kappa shape index (κ2) is 4.11. The maximum atomic E-state index is 12.9. The fourth-order valence-corrected chi connectivity index (χ4v) is 2.76. The Morgan fingerprint density at radius 3 is 2.84 bits per heavy atom. The summed E-state index contributed by atoms with van der Waals surface area (Å²) in [6.45, 7) is 1.32. The summed E-state index contributed by atoms with van der Waals surface area (Å²) in [6, 6.07) is 1.01. The van der Waals surface area contributed by atoms with Gasteiger partial charge in [0.15, 0.2) is 0 Å². The van der Waals surface area contributed by atoms with Crippen LogP contribution in [0.5, 0.6) is 0 Å². The highest BCUT2D eigenvalue weighted by Gasteiger charge is 2.35. The van der Waals surface area contributed by atoms with E-state index in [1.54, 1.807) is 4.57 Å². The quantitative estimate of drug-likeness (QED) is 0.753. The van der Waals surface area contributed by atoms with Crippen LogP contribution in [-0.2, 0) is 24.1 Å². The highest BCUT2D eigenvalue weighted by atomic mass is 79.9. The number of imidazole rings is 1. The van der Waals surface area contributed by atoms with Crippen molar-refractivity contribution in [2.75, 3.05) is 12.3 Å². The maximum absolute atomic E-state index is 12.9. The van der Waals surface area contributed by atoms with Gasteiger partial charge in [0.25, 0.3) is 0 Å². The zero-order valence-electron chi connectivity index (χ0n) is 9.59. The molecule has 1 aliphatic rings. The molecule has 0 fully saturated rings. The van der Waals surface area contributed by atoms with Gasteiger partial charge in [-0.3, -0.25) is 0 Å². The van der Waals surface area contributed by atoms with E-state index >= 15 is 0 Å². The monoisotopic (exact) mass is 335 g/mol. The number of fused-ring (bicyclic) bond motifs is 3. The number of nitrogens with zero attached hydrogens (tertiary/aromatic N) is 2. The first kappa shape index (κ1) is 12.7. The zero-order valence-corrected chi connectivity index (χ0v) is 11.2. The minimum atomic E-state index is -4.47. The molecule has 0 aliphatic carbocycles. The minimum Gasteiger partial charge on any atom is -0.396 e. The van der Waals surface area contributed by atoms with Gasteiger partial charge >= 0.3 is 6.18 Å². The summed E-state index contributed by atoms with van der Waals surface area (Å²) in [5.41, 5.74) is 5.86. The number of hydrogen-bond donors (Lipinski definition) is 1. The third kappa shape index (κ3) is 1.90. The van der Waals surface area contributed by atoms with E-state index in [-0.39, 0.29) is 22.3 Å². The average Bonchev–Trinajstić information content (AvgIpc) is 2.70. The van der Waals surface area contributed by atoms with Crippen LogP contribution in [0.1, 0.15) is 11.4 Å². The average molecular weight is 336 g/mol. The van der Waals surface area contributed by atoms with Crippen molar-refractivity contribution in [2.24, 2.45) is 0 Å². The van der Waals surface area contributed by atoms with Crippen molar-refractivity contribution >= 4 is 32.7 Å². The van der Waals surface area contributed by atoms with Crippen molar-refractivity contribution < 1.29 is 17.9 Å². The van der Waals surface area contributed by atoms with Gasteiger partial charge in [0.1, 0.15) is 12.4 Å². The molecule has 0 unspecified atom stereocenters. The van der Waals surface area contributed by atoms with Crippen molar-refractivity contribution in [3.8, 4) is 0 Å². The highest BCUT2D eigenvalue weighted by Crippen LogP contribution is 2.41. The summed E-state index contributed by atoms with van der Waals surface area (Å²) in [6.07, 6.45) is -4.47. The predicted molar refractivity (Wildman–Crippen MR) is 66.5 cm³/mol. The van der Waals surface area contributed by atoms with Gasteiger partial charge in [-0.2, -0.15) is 13.2 Å². The number of alkyl halides is 3. The number of anilines is 1. The van der Waals surface area contributed by atoms with E-state index in [1.165, 1.54) is 0 Å². The fraction of sp³-hybridized carbons (Fsp3) is 0.364. The smallest absolute Gasteiger partial charge is 0.396 e. The van der Waals surface area contributed by atoms with Crippen molar-refractivity contribution in [3.63, 3.8) is 0 Å². The van der Waals surface area contributed by atoms with Gasteiger partial charge in [0.05, 0.1) is 33.4 Å². The Morgan fingerprint density at radius 1 is 1.42 bits per heavy atom. The highest BCUT2D eigenvalue weighted by molar-refractivity contribution is 9.10. The topological polar surface area (TPSA) is 53.1 Å². The summed E-state index contributed by atoms with van der Waals surface area (Å²) >= 11 is 2.93. The predicted octanol–water partition coefficient (Wildman–Crippen LogP) is 2.93. The van der Waals surface area contributed by atoms with Crippen LogP contribution in [0.4, 0.5) is 18.9 Å². The molecule has 1 aromatic heterocycles. The molecular formula is C11H9BrF3N3O. The van der Waals surface area contributed by atoms with Crippen LogP contribution in [0.15, 0.2) is 10.5 Å². The third-order valence-corrected chi connectivity index (χ3v) is 3.93. The maximum Gasteiger partial charge on any atom is 0.417 e. The number of halogens is 4. The first-order valence-corrected chi connectivity index (χ1v) is 6.31. The number of ether oxygens (including phenoxy) is 1. The Labute approximate surface area is 114 Å². The molecule has 19 heavy (non-hydrogen) atoms. The van der Waals surface area contributed by atoms with Crippen molar-refractivity contribution in [2.45, 2.75) is 19.3 Å². The summed E-state index contributed by atoms with van der Waals surface area (Å²) in [4.78, 5) is 4.17. The number of nitrogen functional groups attached to an aromatic ring is 1. The molecule has 8 heteroatoms. The zero-order chi connectivity index (χ0) is 13.8. The number of rotatable bonds is 0. The molecule has 2 heterocycles. The van der Waals surface area contributed by atoms with Crippen LogP contribution in [0.2, 0.25) is 0 Å². The van der Waals surface area contributed by atoms with Crippen molar-refractivity contribution in [3.05, 3.63) is 21.9 Å². The second-order valence-electron chi connectivity index (χ2n) is 4.25. The Kier molecular flexibility index (Phi) is 2.75. The van der Waals surface area contributed by atoms with Crippen LogP contribution in [0.25, 0.3) is 11.0 Å². The molecule has 0 saturated heterocycles. The molecule has 3 rings (SSSR count). The van der Waals surface area contributed by atoms with E-state index < -0.39 is 11.7 Å². The lowest BCUT2D eigenvalue weighted by molar-refractivity contribution is -0.138. The molecule has 0 saturated carbocycles. The largest absolute Gasteiger partial charge is 0.417 e. The second-order valence-corrected chi connectivity index (χ2v) is 5.04. The molecule has 102 valence electrons. The molecule has 0 amide bonds. The lowest BCUT2D eigenvalue weighted by Gasteiger charge is -2.16. The van der Waals surface area contributed by atoms with Crippen LogP contribution in [0.3, 0.4) is 0 Å². The molecule has 4 nitrogen and oxygen atoms in total. The normalized spacial score (nSPS) is 15.8.